The molecular weight excluding hydrogens is 264 g/mol. The molecule has 1 aromatic heterocycles. The van der Waals surface area contributed by atoms with Gasteiger partial charge in [-0.05, 0) is 30.9 Å². The van der Waals surface area contributed by atoms with E-state index in [1.165, 1.54) is 4.90 Å². The van der Waals surface area contributed by atoms with E-state index < -0.39 is 0 Å². The van der Waals surface area contributed by atoms with Crippen LogP contribution in [0.15, 0.2) is 35.2 Å². The number of aromatic nitrogens is 2. The minimum atomic E-state index is 0.417. The van der Waals surface area contributed by atoms with Gasteiger partial charge in [0.2, 0.25) is 0 Å². The molecule has 18 heavy (non-hydrogen) atoms. The van der Waals surface area contributed by atoms with Crippen molar-refractivity contribution in [2.45, 2.75) is 24.6 Å². The summed E-state index contributed by atoms with van der Waals surface area (Å²) in [6, 6.07) is 10.2. The van der Waals surface area contributed by atoms with Crippen LogP contribution >= 0.6 is 23.4 Å². The monoisotopic (exact) mass is 278 g/mol. The predicted octanol–water partition coefficient (Wildman–Crippen LogP) is 4.30. The van der Waals surface area contributed by atoms with Crippen LogP contribution in [0.3, 0.4) is 0 Å². The Bertz CT molecular complexity index is 526. The average molecular weight is 279 g/mol. The van der Waals surface area contributed by atoms with Gasteiger partial charge in [-0.25, -0.2) is 9.97 Å². The minimum Gasteiger partial charge on any atom is -0.233 e. The average Bonchev–Trinajstić information content (AvgIpc) is 2.39. The van der Waals surface area contributed by atoms with Gasteiger partial charge in [-0.3, -0.25) is 0 Å². The SMILES string of the molecule is CCSc1ccc(-c2nc(C)cc(CCl)n2)cc1. The summed E-state index contributed by atoms with van der Waals surface area (Å²) in [5, 5.41) is 0. The third-order valence-electron chi connectivity index (χ3n) is 2.47. The molecular formula is C14H15ClN2S. The molecule has 94 valence electrons. The van der Waals surface area contributed by atoms with Gasteiger partial charge in [-0.2, -0.15) is 0 Å². The molecule has 0 atom stereocenters. The van der Waals surface area contributed by atoms with Crippen molar-refractivity contribution in [2.75, 3.05) is 5.75 Å². The van der Waals surface area contributed by atoms with Crippen molar-refractivity contribution in [3.63, 3.8) is 0 Å². The van der Waals surface area contributed by atoms with E-state index in [9.17, 15) is 0 Å². The number of hydrogen-bond acceptors (Lipinski definition) is 3. The molecule has 0 aliphatic rings. The van der Waals surface area contributed by atoms with E-state index >= 15 is 0 Å². The van der Waals surface area contributed by atoms with Crippen molar-refractivity contribution >= 4 is 23.4 Å². The van der Waals surface area contributed by atoms with Gasteiger partial charge in [-0.1, -0.05) is 19.1 Å². The molecule has 1 aromatic carbocycles. The minimum absolute atomic E-state index is 0.417. The normalized spacial score (nSPS) is 10.6. The Morgan fingerprint density at radius 3 is 2.50 bits per heavy atom. The van der Waals surface area contributed by atoms with Crippen molar-refractivity contribution in [3.05, 3.63) is 41.7 Å². The topological polar surface area (TPSA) is 25.8 Å². The number of aryl methyl sites for hydroxylation is 1. The lowest BCUT2D eigenvalue weighted by molar-refractivity contribution is 1.05. The molecule has 0 radical (unpaired) electrons. The van der Waals surface area contributed by atoms with Crippen LogP contribution in [0.4, 0.5) is 0 Å². The Morgan fingerprint density at radius 2 is 1.89 bits per heavy atom. The molecule has 2 rings (SSSR count). The molecule has 0 amide bonds. The lowest BCUT2D eigenvalue weighted by Gasteiger charge is -2.05. The Morgan fingerprint density at radius 1 is 1.17 bits per heavy atom. The number of thioether (sulfide) groups is 1. The van der Waals surface area contributed by atoms with Crippen LogP contribution in [0, 0.1) is 6.92 Å². The molecule has 0 aliphatic heterocycles. The highest BCUT2D eigenvalue weighted by molar-refractivity contribution is 7.99. The van der Waals surface area contributed by atoms with Crippen molar-refractivity contribution < 1.29 is 0 Å². The summed E-state index contributed by atoms with van der Waals surface area (Å²) < 4.78 is 0. The van der Waals surface area contributed by atoms with Crippen molar-refractivity contribution in [2.24, 2.45) is 0 Å². The number of rotatable bonds is 4. The van der Waals surface area contributed by atoms with Crippen molar-refractivity contribution in [1.82, 2.24) is 9.97 Å². The fourth-order valence-corrected chi connectivity index (χ4v) is 2.50. The molecule has 1 heterocycles. The standard InChI is InChI=1S/C14H15ClN2S/c1-3-18-13-6-4-11(5-7-13)14-16-10(2)8-12(9-15)17-14/h4-8H,3,9H2,1-2H3. The second kappa shape index (κ2) is 6.21. The van der Waals surface area contributed by atoms with Gasteiger partial charge in [0, 0.05) is 16.2 Å². The van der Waals surface area contributed by atoms with E-state index in [0.29, 0.717) is 5.88 Å². The zero-order chi connectivity index (χ0) is 13.0. The Labute approximate surface area is 117 Å². The highest BCUT2D eigenvalue weighted by Gasteiger charge is 2.04. The highest BCUT2D eigenvalue weighted by Crippen LogP contribution is 2.22. The fraction of sp³-hybridized carbons (Fsp3) is 0.286. The molecule has 0 spiro atoms. The van der Waals surface area contributed by atoms with Gasteiger partial charge in [0.05, 0.1) is 11.6 Å². The van der Waals surface area contributed by atoms with Crippen LogP contribution < -0.4 is 0 Å². The second-order valence-corrected chi connectivity index (χ2v) is 5.52. The first-order valence-corrected chi connectivity index (χ1v) is 7.38. The van der Waals surface area contributed by atoms with Crippen LogP contribution in [0.2, 0.25) is 0 Å². The van der Waals surface area contributed by atoms with Crippen molar-refractivity contribution in [1.29, 1.82) is 0 Å². The third-order valence-corrected chi connectivity index (χ3v) is 3.64. The summed E-state index contributed by atoms with van der Waals surface area (Å²) >= 11 is 7.66. The maximum atomic E-state index is 5.83. The summed E-state index contributed by atoms with van der Waals surface area (Å²) in [6.45, 7) is 4.11. The van der Waals surface area contributed by atoms with Crippen LogP contribution in [-0.4, -0.2) is 15.7 Å². The van der Waals surface area contributed by atoms with Gasteiger partial charge in [0.15, 0.2) is 5.82 Å². The molecule has 2 nitrogen and oxygen atoms in total. The summed E-state index contributed by atoms with van der Waals surface area (Å²) in [6.07, 6.45) is 0. The van der Waals surface area contributed by atoms with Gasteiger partial charge in [0.25, 0.3) is 0 Å². The maximum absolute atomic E-state index is 5.83. The summed E-state index contributed by atoms with van der Waals surface area (Å²) in [7, 11) is 0. The molecule has 0 saturated heterocycles. The maximum Gasteiger partial charge on any atom is 0.159 e. The number of benzene rings is 1. The molecule has 2 aromatic rings. The largest absolute Gasteiger partial charge is 0.233 e. The highest BCUT2D eigenvalue weighted by atomic mass is 35.5. The lowest BCUT2D eigenvalue weighted by Crippen LogP contribution is -1.96. The van der Waals surface area contributed by atoms with Crippen molar-refractivity contribution in [3.8, 4) is 11.4 Å². The van der Waals surface area contributed by atoms with Gasteiger partial charge < -0.3 is 0 Å². The molecule has 0 saturated carbocycles. The fourth-order valence-electron chi connectivity index (χ4n) is 1.70. The summed E-state index contributed by atoms with van der Waals surface area (Å²) in [5.41, 5.74) is 2.85. The molecule has 0 aliphatic carbocycles. The van der Waals surface area contributed by atoms with E-state index in [0.717, 1.165) is 28.5 Å². The molecule has 4 heteroatoms. The zero-order valence-corrected chi connectivity index (χ0v) is 12.1. The number of hydrogen-bond donors (Lipinski definition) is 0. The Balaban J connectivity index is 2.33. The number of halogens is 1. The smallest absolute Gasteiger partial charge is 0.159 e. The Kier molecular flexibility index (Phi) is 4.61. The van der Waals surface area contributed by atoms with Crippen LogP contribution in [0.5, 0.6) is 0 Å². The second-order valence-electron chi connectivity index (χ2n) is 3.92. The molecule has 0 bridgehead atoms. The first kappa shape index (κ1) is 13.4. The summed E-state index contributed by atoms with van der Waals surface area (Å²) in [5.74, 6) is 2.25. The van der Waals surface area contributed by atoms with Gasteiger partial charge in [0.1, 0.15) is 0 Å². The number of nitrogens with zero attached hydrogens (tertiary/aromatic N) is 2. The van der Waals surface area contributed by atoms with E-state index in [1.807, 2.05) is 24.8 Å². The van der Waals surface area contributed by atoms with Gasteiger partial charge in [-0.15, -0.1) is 23.4 Å². The third kappa shape index (κ3) is 3.24. The molecule has 0 fully saturated rings. The summed E-state index contributed by atoms with van der Waals surface area (Å²) in [4.78, 5) is 10.2. The number of alkyl halides is 1. The van der Waals surface area contributed by atoms with E-state index in [1.54, 1.807) is 0 Å². The van der Waals surface area contributed by atoms with Crippen LogP contribution in [0.1, 0.15) is 18.3 Å². The first-order valence-electron chi connectivity index (χ1n) is 5.86. The van der Waals surface area contributed by atoms with E-state index in [2.05, 4.69) is 41.2 Å². The first-order chi connectivity index (χ1) is 8.72. The molecule has 0 N–H and O–H groups in total. The van der Waals surface area contributed by atoms with Crippen LogP contribution in [-0.2, 0) is 5.88 Å². The lowest BCUT2D eigenvalue weighted by atomic mass is 10.2. The van der Waals surface area contributed by atoms with Crippen LogP contribution in [0.25, 0.3) is 11.4 Å². The predicted molar refractivity (Wildman–Crippen MR) is 78.2 cm³/mol. The van der Waals surface area contributed by atoms with E-state index in [-0.39, 0.29) is 0 Å². The van der Waals surface area contributed by atoms with E-state index in [4.69, 9.17) is 11.6 Å². The Hall–Kier alpha value is -1.06. The quantitative estimate of drug-likeness (QED) is 0.616. The van der Waals surface area contributed by atoms with Gasteiger partial charge >= 0.3 is 0 Å². The molecule has 0 unspecified atom stereocenters. The zero-order valence-electron chi connectivity index (χ0n) is 10.5.